The van der Waals surface area contributed by atoms with Crippen LogP contribution in [-0.2, 0) is 10.2 Å². The predicted molar refractivity (Wildman–Crippen MR) is 145 cm³/mol. The van der Waals surface area contributed by atoms with Crippen molar-refractivity contribution in [2.45, 2.75) is 76.7 Å². The Labute approximate surface area is 232 Å². The van der Waals surface area contributed by atoms with Crippen LogP contribution in [0.1, 0.15) is 81.3 Å². The Morgan fingerprint density at radius 1 is 0.950 bits per heavy atom. The van der Waals surface area contributed by atoms with Gasteiger partial charge in [0.25, 0.3) is 0 Å². The normalized spacial score (nSPS) is 17.9. The molecule has 1 saturated carbocycles. The van der Waals surface area contributed by atoms with Gasteiger partial charge in [0.05, 0.1) is 5.56 Å². The zero-order valence-corrected chi connectivity index (χ0v) is 23.0. The highest BCUT2D eigenvalue weighted by Gasteiger charge is 2.48. The summed E-state index contributed by atoms with van der Waals surface area (Å²) in [4.78, 5) is 29.2. The first kappa shape index (κ1) is 28.3. The molecule has 5 nitrogen and oxygen atoms in total. The van der Waals surface area contributed by atoms with Crippen molar-refractivity contribution in [2.75, 3.05) is 13.1 Å². The standard InChI is InChI=1S/C32H35F3N2O3/c1-31(2,21-8-10-22(33)11-9-21)16-25(38)17-32(19-37(20-32)24-6-4-3-5-7-24)18-29(39)28-15-30(40-36-28)26-13-12-23(34)14-27(26)35/h8-15,24H,3-7,16-20H2,1-2H3. The molecule has 1 aromatic heterocycles. The quantitative estimate of drug-likeness (QED) is 0.247. The third-order valence-corrected chi connectivity index (χ3v) is 8.53. The maximum atomic E-state index is 14.2. The summed E-state index contributed by atoms with van der Waals surface area (Å²) < 4.78 is 46.3. The van der Waals surface area contributed by atoms with Crippen LogP contribution in [0, 0.1) is 22.9 Å². The Balaban J connectivity index is 1.31. The molecule has 5 rings (SSSR count). The maximum absolute atomic E-state index is 14.2. The van der Waals surface area contributed by atoms with E-state index in [0.29, 0.717) is 19.1 Å². The van der Waals surface area contributed by atoms with Crippen molar-refractivity contribution in [1.29, 1.82) is 0 Å². The van der Waals surface area contributed by atoms with E-state index < -0.39 is 22.5 Å². The average Bonchev–Trinajstić information content (AvgIpc) is 3.37. The number of carbonyl (C=O) groups excluding carboxylic acids is 2. The van der Waals surface area contributed by atoms with Crippen LogP contribution in [0.15, 0.2) is 53.1 Å². The highest BCUT2D eigenvalue weighted by atomic mass is 19.1. The number of hydrogen-bond acceptors (Lipinski definition) is 5. The Bertz CT molecular complexity index is 1370. The molecule has 212 valence electrons. The molecule has 2 aromatic carbocycles. The second kappa shape index (κ2) is 11.3. The molecule has 0 radical (unpaired) electrons. The molecule has 1 aliphatic carbocycles. The van der Waals surface area contributed by atoms with Gasteiger partial charge in [0.15, 0.2) is 11.5 Å². The van der Waals surface area contributed by atoms with Crippen LogP contribution in [-0.4, -0.2) is 40.8 Å². The Kier molecular flexibility index (Phi) is 8.00. The molecule has 2 aliphatic rings. The molecule has 2 fully saturated rings. The monoisotopic (exact) mass is 552 g/mol. The average molecular weight is 553 g/mol. The summed E-state index contributed by atoms with van der Waals surface area (Å²) >= 11 is 0. The van der Waals surface area contributed by atoms with Gasteiger partial charge < -0.3 is 4.52 Å². The van der Waals surface area contributed by atoms with Crippen LogP contribution in [0.5, 0.6) is 0 Å². The fraction of sp³-hybridized carbons (Fsp3) is 0.469. The van der Waals surface area contributed by atoms with Gasteiger partial charge in [-0.1, -0.05) is 50.4 Å². The summed E-state index contributed by atoms with van der Waals surface area (Å²) in [6, 6.07) is 11.2. The van der Waals surface area contributed by atoms with E-state index in [1.54, 1.807) is 12.1 Å². The summed E-state index contributed by atoms with van der Waals surface area (Å²) in [7, 11) is 0. The minimum atomic E-state index is -0.803. The van der Waals surface area contributed by atoms with Gasteiger partial charge in [-0.05, 0) is 48.1 Å². The fourth-order valence-electron chi connectivity index (χ4n) is 6.44. The van der Waals surface area contributed by atoms with Crippen molar-refractivity contribution >= 4 is 11.6 Å². The molecule has 1 aliphatic heterocycles. The van der Waals surface area contributed by atoms with Crippen LogP contribution in [0.2, 0.25) is 0 Å². The lowest BCUT2D eigenvalue weighted by Crippen LogP contribution is -2.61. The molecule has 0 atom stereocenters. The van der Waals surface area contributed by atoms with Gasteiger partial charge >= 0.3 is 0 Å². The molecular formula is C32H35F3N2O3. The van der Waals surface area contributed by atoms with E-state index >= 15 is 0 Å². The van der Waals surface area contributed by atoms with Crippen molar-refractivity contribution in [2.24, 2.45) is 5.41 Å². The van der Waals surface area contributed by atoms with Gasteiger partial charge in [0.2, 0.25) is 0 Å². The lowest BCUT2D eigenvalue weighted by molar-refractivity contribution is -0.127. The number of Topliss-reactive ketones (excluding diaryl/α,β-unsaturated/α-hetero) is 2. The number of carbonyl (C=O) groups is 2. The topological polar surface area (TPSA) is 63.4 Å². The van der Waals surface area contributed by atoms with E-state index in [-0.39, 0.29) is 53.7 Å². The van der Waals surface area contributed by atoms with Crippen LogP contribution in [0.4, 0.5) is 13.2 Å². The Hall–Kier alpha value is -3.26. The van der Waals surface area contributed by atoms with E-state index in [9.17, 15) is 22.8 Å². The first-order chi connectivity index (χ1) is 19.0. The van der Waals surface area contributed by atoms with Crippen molar-refractivity contribution < 1.29 is 27.3 Å². The Morgan fingerprint density at radius 2 is 1.62 bits per heavy atom. The van der Waals surface area contributed by atoms with E-state index in [2.05, 4.69) is 10.1 Å². The van der Waals surface area contributed by atoms with E-state index in [4.69, 9.17) is 4.52 Å². The van der Waals surface area contributed by atoms with Gasteiger partial charge in [-0.3, -0.25) is 14.5 Å². The molecule has 0 N–H and O–H groups in total. The van der Waals surface area contributed by atoms with E-state index in [1.165, 1.54) is 43.5 Å². The number of rotatable bonds is 10. The number of nitrogens with zero attached hydrogens (tertiary/aromatic N) is 2. The minimum absolute atomic E-state index is 0.0213. The summed E-state index contributed by atoms with van der Waals surface area (Å²) in [5, 5.41) is 3.88. The van der Waals surface area contributed by atoms with E-state index in [0.717, 1.165) is 30.5 Å². The smallest absolute Gasteiger partial charge is 0.185 e. The second-order valence-corrected chi connectivity index (χ2v) is 12.3. The van der Waals surface area contributed by atoms with Crippen LogP contribution in [0.25, 0.3) is 11.3 Å². The number of benzene rings is 2. The SMILES string of the molecule is CC(C)(CC(=O)CC1(CC(=O)c2cc(-c3ccc(F)cc3F)on2)CN(C2CCCCC2)C1)c1ccc(F)cc1. The van der Waals surface area contributed by atoms with Gasteiger partial charge in [-0.2, -0.15) is 0 Å². The number of halogens is 3. The number of aromatic nitrogens is 1. The zero-order valence-electron chi connectivity index (χ0n) is 23.0. The fourth-order valence-corrected chi connectivity index (χ4v) is 6.44. The van der Waals surface area contributed by atoms with Gasteiger partial charge in [0.1, 0.15) is 28.9 Å². The first-order valence-electron chi connectivity index (χ1n) is 14.0. The van der Waals surface area contributed by atoms with Crippen molar-refractivity contribution in [3.8, 4) is 11.3 Å². The molecule has 40 heavy (non-hydrogen) atoms. The summed E-state index contributed by atoms with van der Waals surface area (Å²) in [6.45, 7) is 5.25. The van der Waals surface area contributed by atoms with Gasteiger partial charge in [-0.15, -0.1) is 0 Å². The number of ketones is 2. The van der Waals surface area contributed by atoms with Crippen LogP contribution >= 0.6 is 0 Å². The predicted octanol–water partition coefficient (Wildman–Crippen LogP) is 7.29. The highest BCUT2D eigenvalue weighted by Crippen LogP contribution is 2.43. The van der Waals surface area contributed by atoms with Crippen molar-refractivity contribution in [3.63, 3.8) is 0 Å². The lowest BCUT2D eigenvalue weighted by atomic mass is 9.68. The minimum Gasteiger partial charge on any atom is -0.355 e. The third kappa shape index (κ3) is 6.22. The largest absolute Gasteiger partial charge is 0.355 e. The molecular weight excluding hydrogens is 517 g/mol. The van der Waals surface area contributed by atoms with Crippen molar-refractivity contribution in [3.05, 3.63) is 77.2 Å². The molecule has 2 heterocycles. The number of hydrogen-bond donors (Lipinski definition) is 0. The molecule has 3 aromatic rings. The van der Waals surface area contributed by atoms with Gasteiger partial charge in [0, 0.05) is 55.9 Å². The first-order valence-corrected chi connectivity index (χ1v) is 14.0. The number of likely N-dealkylation sites (tertiary alicyclic amines) is 1. The lowest BCUT2D eigenvalue weighted by Gasteiger charge is -2.54. The molecule has 0 amide bonds. The third-order valence-electron chi connectivity index (χ3n) is 8.53. The maximum Gasteiger partial charge on any atom is 0.185 e. The second-order valence-electron chi connectivity index (χ2n) is 12.3. The molecule has 0 spiro atoms. The van der Waals surface area contributed by atoms with Crippen molar-refractivity contribution in [1.82, 2.24) is 10.1 Å². The van der Waals surface area contributed by atoms with Gasteiger partial charge in [-0.25, -0.2) is 13.2 Å². The summed E-state index contributed by atoms with van der Waals surface area (Å²) in [5.74, 6) is -2.00. The van der Waals surface area contributed by atoms with Crippen LogP contribution < -0.4 is 0 Å². The summed E-state index contributed by atoms with van der Waals surface area (Å²) in [5.41, 5.74) is -0.0393. The highest BCUT2D eigenvalue weighted by molar-refractivity contribution is 5.96. The molecule has 0 bridgehead atoms. The van der Waals surface area contributed by atoms with E-state index in [1.807, 2.05) is 13.8 Å². The zero-order chi connectivity index (χ0) is 28.5. The van der Waals surface area contributed by atoms with Crippen LogP contribution in [0.3, 0.4) is 0 Å². The Morgan fingerprint density at radius 3 is 2.30 bits per heavy atom. The molecule has 8 heteroatoms. The molecule has 0 unspecified atom stereocenters. The summed E-state index contributed by atoms with van der Waals surface area (Å²) in [6.07, 6.45) is 6.54. The molecule has 1 saturated heterocycles.